The topological polar surface area (TPSA) is 92.4 Å². The van der Waals surface area contributed by atoms with Gasteiger partial charge in [0.1, 0.15) is 11.6 Å². The minimum absolute atomic E-state index is 0.0302. The van der Waals surface area contributed by atoms with E-state index in [1.54, 1.807) is 0 Å². The summed E-state index contributed by atoms with van der Waals surface area (Å²) < 4.78 is 17.6. The van der Waals surface area contributed by atoms with Crippen molar-refractivity contribution in [2.24, 2.45) is 0 Å². The number of carbonyl (C=O) groups is 2. The number of amides is 1. The van der Waals surface area contributed by atoms with Crippen molar-refractivity contribution in [2.75, 3.05) is 0 Å². The highest BCUT2D eigenvalue weighted by Crippen LogP contribution is 2.11. The maximum Gasteiger partial charge on any atom is 0.296 e. The summed E-state index contributed by atoms with van der Waals surface area (Å²) in [5.41, 5.74) is 1.87. The van der Waals surface area contributed by atoms with Crippen LogP contribution in [0.15, 0.2) is 34.9 Å². The second-order valence-corrected chi connectivity index (χ2v) is 4.40. The zero-order chi connectivity index (χ0) is 15.2. The van der Waals surface area contributed by atoms with Gasteiger partial charge in [0.15, 0.2) is 11.5 Å². The molecule has 1 aromatic carbocycles. The van der Waals surface area contributed by atoms with Crippen molar-refractivity contribution in [1.29, 1.82) is 0 Å². The number of nitrogens with one attached hydrogen (secondary N) is 1. The van der Waals surface area contributed by atoms with Gasteiger partial charge in [-0.05, 0) is 30.7 Å². The van der Waals surface area contributed by atoms with Gasteiger partial charge in [0, 0.05) is 24.5 Å². The third-order valence-electron chi connectivity index (χ3n) is 2.89. The first-order chi connectivity index (χ1) is 10.1. The van der Waals surface area contributed by atoms with E-state index in [0.717, 1.165) is 0 Å². The lowest BCUT2D eigenvalue weighted by Crippen LogP contribution is -2.18. The van der Waals surface area contributed by atoms with E-state index in [1.807, 2.05) is 0 Å². The number of hydroxylamine groups is 1. The summed E-state index contributed by atoms with van der Waals surface area (Å²) in [4.78, 5) is 22.9. The van der Waals surface area contributed by atoms with Gasteiger partial charge in [-0.15, -0.1) is 0 Å². The van der Waals surface area contributed by atoms with E-state index < -0.39 is 5.91 Å². The van der Waals surface area contributed by atoms with Crippen molar-refractivity contribution in [1.82, 2.24) is 10.6 Å². The van der Waals surface area contributed by atoms with E-state index >= 15 is 0 Å². The number of hydrogen-bond acceptors (Lipinski definition) is 5. The van der Waals surface area contributed by atoms with Crippen LogP contribution in [0.5, 0.6) is 0 Å². The first kappa shape index (κ1) is 14.9. The van der Waals surface area contributed by atoms with Crippen molar-refractivity contribution in [3.05, 3.63) is 53.2 Å². The standard InChI is InChI=1S/C14H13FN2O4/c15-10-6-4-9(5-7-10)13(18)3-1-2-11-8-12(17-21-11)14(19)16-20/h4-8,20H,1-3H2,(H,16,19). The highest BCUT2D eigenvalue weighted by atomic mass is 19.1. The Hall–Kier alpha value is -2.54. The van der Waals surface area contributed by atoms with Crippen molar-refractivity contribution in [3.63, 3.8) is 0 Å². The molecule has 0 atom stereocenters. The van der Waals surface area contributed by atoms with Crippen LogP contribution >= 0.6 is 0 Å². The monoisotopic (exact) mass is 292 g/mol. The molecule has 2 N–H and O–H groups in total. The molecule has 7 heteroatoms. The van der Waals surface area contributed by atoms with E-state index in [0.29, 0.717) is 24.2 Å². The highest BCUT2D eigenvalue weighted by molar-refractivity contribution is 5.96. The number of benzene rings is 1. The van der Waals surface area contributed by atoms with E-state index in [-0.39, 0.29) is 23.7 Å². The Labute approximate surface area is 119 Å². The Morgan fingerprint density at radius 2 is 2.00 bits per heavy atom. The van der Waals surface area contributed by atoms with E-state index in [2.05, 4.69) is 5.16 Å². The average molecular weight is 292 g/mol. The SMILES string of the molecule is O=C(CCCc1cc(C(=O)NO)no1)c1ccc(F)cc1. The van der Waals surface area contributed by atoms with Gasteiger partial charge >= 0.3 is 0 Å². The molecule has 0 bridgehead atoms. The number of aryl methyl sites for hydroxylation is 1. The fourth-order valence-electron chi connectivity index (χ4n) is 1.80. The molecule has 0 saturated heterocycles. The first-order valence-corrected chi connectivity index (χ1v) is 6.29. The average Bonchev–Trinajstić information content (AvgIpc) is 2.96. The lowest BCUT2D eigenvalue weighted by molar-refractivity contribution is 0.0696. The van der Waals surface area contributed by atoms with Crippen LogP contribution < -0.4 is 5.48 Å². The van der Waals surface area contributed by atoms with Crippen LogP contribution in [0.3, 0.4) is 0 Å². The summed E-state index contributed by atoms with van der Waals surface area (Å²) in [6, 6.07) is 6.76. The number of rotatable bonds is 6. The molecular formula is C14H13FN2O4. The number of hydrogen-bond donors (Lipinski definition) is 2. The van der Waals surface area contributed by atoms with Crippen LogP contribution in [0.2, 0.25) is 0 Å². The van der Waals surface area contributed by atoms with Gasteiger partial charge in [-0.2, -0.15) is 0 Å². The largest absolute Gasteiger partial charge is 0.361 e. The molecule has 1 heterocycles. The summed E-state index contributed by atoms with van der Waals surface area (Å²) in [6.07, 6.45) is 1.21. The van der Waals surface area contributed by atoms with Crippen LogP contribution in [-0.4, -0.2) is 22.1 Å². The zero-order valence-electron chi connectivity index (χ0n) is 11.0. The fraction of sp³-hybridized carbons (Fsp3) is 0.214. The third kappa shape index (κ3) is 3.96. The molecule has 0 saturated carbocycles. The Kier molecular flexibility index (Phi) is 4.78. The molecule has 0 unspecified atom stereocenters. The molecule has 0 radical (unpaired) electrons. The first-order valence-electron chi connectivity index (χ1n) is 6.29. The van der Waals surface area contributed by atoms with Crippen LogP contribution in [0.1, 0.15) is 39.4 Å². The van der Waals surface area contributed by atoms with Crippen LogP contribution in [0, 0.1) is 5.82 Å². The lowest BCUT2D eigenvalue weighted by Gasteiger charge is -1.99. The molecule has 110 valence electrons. The molecule has 0 aliphatic carbocycles. The fourth-order valence-corrected chi connectivity index (χ4v) is 1.80. The predicted octanol–water partition coefficient (Wildman–Crippen LogP) is 2.14. The van der Waals surface area contributed by atoms with E-state index in [9.17, 15) is 14.0 Å². The number of halogens is 1. The summed E-state index contributed by atoms with van der Waals surface area (Å²) in [6.45, 7) is 0. The molecule has 0 spiro atoms. The highest BCUT2D eigenvalue weighted by Gasteiger charge is 2.12. The smallest absolute Gasteiger partial charge is 0.296 e. The van der Waals surface area contributed by atoms with Crippen molar-refractivity contribution in [3.8, 4) is 0 Å². The van der Waals surface area contributed by atoms with Gasteiger partial charge in [0.05, 0.1) is 0 Å². The number of carbonyl (C=O) groups excluding carboxylic acids is 2. The van der Waals surface area contributed by atoms with Crippen LogP contribution in [-0.2, 0) is 6.42 Å². The van der Waals surface area contributed by atoms with Crippen molar-refractivity contribution in [2.45, 2.75) is 19.3 Å². The molecule has 0 aliphatic rings. The Morgan fingerprint density at radius 1 is 1.29 bits per heavy atom. The van der Waals surface area contributed by atoms with E-state index in [1.165, 1.54) is 35.8 Å². The molecule has 1 amide bonds. The minimum atomic E-state index is -0.757. The van der Waals surface area contributed by atoms with Crippen LogP contribution in [0.4, 0.5) is 4.39 Å². The van der Waals surface area contributed by atoms with Gasteiger partial charge in [-0.1, -0.05) is 5.16 Å². The number of nitrogens with zero attached hydrogens (tertiary/aromatic N) is 1. The number of ketones is 1. The molecule has 0 aliphatic heterocycles. The second-order valence-electron chi connectivity index (χ2n) is 4.40. The van der Waals surface area contributed by atoms with Gasteiger partial charge in [-0.25, -0.2) is 9.87 Å². The maximum absolute atomic E-state index is 12.7. The lowest BCUT2D eigenvalue weighted by atomic mass is 10.0. The zero-order valence-corrected chi connectivity index (χ0v) is 11.0. The summed E-state index contributed by atoms with van der Waals surface area (Å²) in [5, 5.41) is 11.9. The quantitative estimate of drug-likeness (QED) is 0.483. The normalized spacial score (nSPS) is 10.4. The molecule has 21 heavy (non-hydrogen) atoms. The Morgan fingerprint density at radius 3 is 2.67 bits per heavy atom. The molecule has 2 rings (SSSR count). The number of Topliss-reactive ketones (excluding diaryl/α,β-unsaturated/α-hetero) is 1. The van der Waals surface area contributed by atoms with Gasteiger partial charge in [0.2, 0.25) is 0 Å². The van der Waals surface area contributed by atoms with Gasteiger partial charge in [0.25, 0.3) is 5.91 Å². The molecule has 6 nitrogen and oxygen atoms in total. The van der Waals surface area contributed by atoms with Gasteiger partial charge < -0.3 is 4.52 Å². The third-order valence-corrected chi connectivity index (χ3v) is 2.89. The van der Waals surface area contributed by atoms with Crippen molar-refractivity contribution >= 4 is 11.7 Å². The maximum atomic E-state index is 12.7. The molecule has 0 fully saturated rings. The Balaban J connectivity index is 1.84. The summed E-state index contributed by atoms with van der Waals surface area (Å²) in [5.74, 6) is -0.793. The molecular weight excluding hydrogens is 279 g/mol. The van der Waals surface area contributed by atoms with E-state index in [4.69, 9.17) is 9.73 Å². The Bertz CT molecular complexity index is 637. The number of aromatic nitrogens is 1. The predicted molar refractivity (Wildman–Crippen MR) is 69.4 cm³/mol. The summed E-state index contributed by atoms with van der Waals surface area (Å²) in [7, 11) is 0. The molecule has 2 aromatic rings. The van der Waals surface area contributed by atoms with Crippen LogP contribution in [0.25, 0.3) is 0 Å². The summed E-state index contributed by atoms with van der Waals surface area (Å²) >= 11 is 0. The second kappa shape index (κ2) is 6.76. The minimum Gasteiger partial charge on any atom is -0.361 e. The molecule has 1 aromatic heterocycles. The van der Waals surface area contributed by atoms with Crippen molar-refractivity contribution < 1.29 is 23.7 Å². The van der Waals surface area contributed by atoms with Gasteiger partial charge in [-0.3, -0.25) is 14.8 Å².